The molecule has 7 nitrogen and oxygen atoms in total. The second-order valence-corrected chi connectivity index (χ2v) is 7.57. The molecule has 0 aliphatic heterocycles. The second kappa shape index (κ2) is 11.6. The van der Waals surface area contributed by atoms with Gasteiger partial charge in [-0.05, 0) is 38.4 Å². The molecule has 0 amide bonds. The molecule has 0 aromatic heterocycles. The molecule has 2 N–H and O–H groups in total. The van der Waals surface area contributed by atoms with Crippen molar-refractivity contribution in [2.24, 2.45) is 0 Å². The third-order valence-corrected chi connectivity index (χ3v) is 5.95. The number of nitrogens with zero attached hydrogens (tertiary/aromatic N) is 1. The summed E-state index contributed by atoms with van der Waals surface area (Å²) in [7, 11) is -1.76. The van der Waals surface area contributed by atoms with Crippen molar-refractivity contribution in [2.45, 2.75) is 38.8 Å². The summed E-state index contributed by atoms with van der Waals surface area (Å²) in [4.78, 5) is 24.3. The normalized spacial score (nSPS) is 12.1. The fourth-order valence-corrected chi connectivity index (χ4v) is 4.28. The highest BCUT2D eigenvalue weighted by atomic mass is 28.3. The number of benzene rings is 1. The van der Waals surface area contributed by atoms with Crippen LogP contribution in [0.5, 0.6) is 0 Å². The van der Waals surface area contributed by atoms with Crippen LogP contribution in [0.3, 0.4) is 0 Å². The van der Waals surface area contributed by atoms with Crippen LogP contribution in [0, 0.1) is 0 Å². The van der Waals surface area contributed by atoms with E-state index in [1.54, 1.807) is 29.2 Å². The molecule has 0 saturated carbocycles. The van der Waals surface area contributed by atoms with Crippen LogP contribution in [-0.2, 0) is 18.4 Å². The van der Waals surface area contributed by atoms with Crippen LogP contribution in [0.2, 0.25) is 6.04 Å². The highest BCUT2D eigenvalue weighted by Gasteiger charge is 2.28. The van der Waals surface area contributed by atoms with Gasteiger partial charge in [-0.3, -0.25) is 4.79 Å². The van der Waals surface area contributed by atoms with E-state index in [4.69, 9.17) is 14.0 Å². The Hall–Kier alpha value is -1.90. The number of carbonyl (C=O) groups is 2. The Morgan fingerprint density at radius 2 is 1.72 bits per heavy atom. The molecule has 1 atom stereocenters. The number of carboxylic acids is 2. The summed E-state index contributed by atoms with van der Waals surface area (Å²) in [6, 6.07) is 8.65. The van der Waals surface area contributed by atoms with Crippen molar-refractivity contribution >= 4 is 26.9 Å². The molecule has 25 heavy (non-hydrogen) atoms. The summed E-state index contributed by atoms with van der Waals surface area (Å²) in [5.41, 5.74) is 0.696. The molecule has 0 aliphatic carbocycles. The zero-order valence-electron chi connectivity index (χ0n) is 14.8. The van der Waals surface area contributed by atoms with Gasteiger partial charge < -0.3 is 24.0 Å². The van der Waals surface area contributed by atoms with Gasteiger partial charge in [0, 0.05) is 25.4 Å². The molecular formula is C17H27NO6Si. The predicted octanol–water partition coefficient (Wildman–Crippen LogP) is 2.10. The van der Waals surface area contributed by atoms with Crippen molar-refractivity contribution in [2.75, 3.05) is 24.7 Å². The molecule has 140 valence electrons. The Morgan fingerprint density at radius 1 is 1.12 bits per heavy atom. The summed E-state index contributed by atoms with van der Waals surface area (Å²) < 4.78 is 11.3. The molecule has 0 heterocycles. The van der Waals surface area contributed by atoms with Gasteiger partial charge in [0.05, 0.1) is 6.42 Å². The van der Waals surface area contributed by atoms with Crippen molar-refractivity contribution in [1.29, 1.82) is 0 Å². The topological polar surface area (TPSA) is 96.3 Å². The van der Waals surface area contributed by atoms with Gasteiger partial charge in [0.1, 0.15) is 6.04 Å². The zero-order valence-corrected chi connectivity index (χ0v) is 15.9. The van der Waals surface area contributed by atoms with Crippen LogP contribution < -0.4 is 4.90 Å². The van der Waals surface area contributed by atoms with Crippen LogP contribution in [0.25, 0.3) is 0 Å². The maximum atomic E-state index is 11.6. The van der Waals surface area contributed by atoms with Gasteiger partial charge >= 0.3 is 21.2 Å². The molecule has 0 aliphatic rings. The number of hydrogen-bond acceptors (Lipinski definition) is 5. The minimum Gasteiger partial charge on any atom is -0.481 e. The lowest BCUT2D eigenvalue weighted by Gasteiger charge is -2.30. The largest absolute Gasteiger partial charge is 0.481 e. The van der Waals surface area contributed by atoms with Crippen molar-refractivity contribution in [3.63, 3.8) is 0 Å². The average molecular weight is 369 g/mol. The Morgan fingerprint density at radius 3 is 2.20 bits per heavy atom. The van der Waals surface area contributed by atoms with Gasteiger partial charge in [-0.25, -0.2) is 4.79 Å². The summed E-state index contributed by atoms with van der Waals surface area (Å²) in [6.07, 6.45) is 0.219. The molecule has 1 aromatic carbocycles. The van der Waals surface area contributed by atoms with E-state index in [1.807, 2.05) is 19.9 Å². The Labute approximate surface area is 150 Å². The van der Waals surface area contributed by atoms with E-state index in [1.165, 1.54) is 0 Å². The first-order valence-corrected chi connectivity index (χ1v) is 10.2. The standard InChI is InChI=1S/C17H27NO6Si/c1-3-23-25(24-4-2)12-8-11-18(14-9-6-5-7-10-14)15(17(21)22)13-16(19)20/h5-7,9-10,15,25H,3-4,8,11-13H2,1-2H3,(H,19,20)(H,21,22)/t15-/m0/s1. The maximum Gasteiger partial charge on any atom is 0.326 e. The zero-order chi connectivity index (χ0) is 18.7. The van der Waals surface area contributed by atoms with Gasteiger partial charge in [0.15, 0.2) is 0 Å². The van der Waals surface area contributed by atoms with E-state index in [0.717, 1.165) is 6.04 Å². The van der Waals surface area contributed by atoms with Gasteiger partial charge in [0.25, 0.3) is 0 Å². The second-order valence-electron chi connectivity index (χ2n) is 5.46. The van der Waals surface area contributed by atoms with Crippen molar-refractivity contribution in [3.8, 4) is 0 Å². The first-order valence-electron chi connectivity index (χ1n) is 8.49. The number of hydrogen-bond donors (Lipinski definition) is 2. The lowest BCUT2D eigenvalue weighted by atomic mass is 10.1. The van der Waals surface area contributed by atoms with Crippen molar-refractivity contribution in [1.82, 2.24) is 0 Å². The molecule has 0 spiro atoms. The quantitative estimate of drug-likeness (QED) is 0.514. The lowest BCUT2D eigenvalue weighted by molar-refractivity contribution is -0.145. The molecule has 0 fully saturated rings. The van der Waals surface area contributed by atoms with E-state index in [0.29, 0.717) is 31.9 Å². The van der Waals surface area contributed by atoms with Gasteiger partial charge in [-0.2, -0.15) is 0 Å². The van der Waals surface area contributed by atoms with E-state index >= 15 is 0 Å². The Bertz CT molecular complexity index is 521. The summed E-state index contributed by atoms with van der Waals surface area (Å²) in [5, 5.41) is 18.5. The SMILES string of the molecule is CCO[SiH](CCCN(c1ccccc1)[C@@H](CC(=O)O)C(=O)O)OCC. The first-order chi connectivity index (χ1) is 12.0. The molecule has 8 heteroatoms. The van der Waals surface area contributed by atoms with Crippen molar-refractivity contribution in [3.05, 3.63) is 30.3 Å². The summed E-state index contributed by atoms with van der Waals surface area (Å²) >= 11 is 0. The van der Waals surface area contributed by atoms with Crippen molar-refractivity contribution < 1.29 is 28.7 Å². The minimum absolute atomic E-state index is 0.428. The Kier molecular flexibility index (Phi) is 9.82. The predicted molar refractivity (Wildman–Crippen MR) is 97.3 cm³/mol. The monoisotopic (exact) mass is 369 g/mol. The first kappa shape index (κ1) is 21.1. The number of para-hydroxylation sites is 1. The average Bonchev–Trinajstić information content (AvgIpc) is 2.58. The van der Waals surface area contributed by atoms with Crippen LogP contribution in [0.4, 0.5) is 5.69 Å². The fraction of sp³-hybridized carbons (Fsp3) is 0.529. The van der Waals surface area contributed by atoms with Crippen LogP contribution in [-0.4, -0.2) is 57.2 Å². The van der Waals surface area contributed by atoms with E-state index < -0.39 is 33.7 Å². The smallest absolute Gasteiger partial charge is 0.326 e. The molecule has 0 saturated heterocycles. The van der Waals surface area contributed by atoms with Crippen LogP contribution >= 0.6 is 0 Å². The van der Waals surface area contributed by atoms with E-state index in [2.05, 4.69) is 0 Å². The third kappa shape index (κ3) is 7.68. The van der Waals surface area contributed by atoms with E-state index in [-0.39, 0.29) is 0 Å². The van der Waals surface area contributed by atoms with Gasteiger partial charge in [-0.15, -0.1) is 0 Å². The molecule has 1 aromatic rings. The number of rotatable bonds is 13. The van der Waals surface area contributed by atoms with Crippen LogP contribution in [0.1, 0.15) is 26.7 Å². The Balaban J connectivity index is 2.84. The van der Waals surface area contributed by atoms with Gasteiger partial charge in [-0.1, -0.05) is 18.2 Å². The minimum atomic E-state index is -1.76. The highest BCUT2D eigenvalue weighted by molar-refractivity contribution is 6.44. The molecule has 0 bridgehead atoms. The number of aliphatic carboxylic acids is 2. The maximum absolute atomic E-state index is 11.6. The van der Waals surface area contributed by atoms with Crippen LogP contribution in [0.15, 0.2) is 30.3 Å². The summed E-state index contributed by atoms with van der Waals surface area (Å²) in [5.74, 6) is -2.28. The summed E-state index contributed by atoms with van der Waals surface area (Å²) in [6.45, 7) is 5.45. The molecule has 0 radical (unpaired) electrons. The third-order valence-electron chi connectivity index (χ3n) is 3.66. The molecule has 1 rings (SSSR count). The number of carboxylic acid groups (broad SMARTS) is 2. The fourth-order valence-electron chi connectivity index (χ4n) is 2.60. The highest BCUT2D eigenvalue weighted by Crippen LogP contribution is 2.20. The molecule has 0 unspecified atom stereocenters. The van der Waals surface area contributed by atoms with E-state index in [9.17, 15) is 14.7 Å². The molecular weight excluding hydrogens is 342 g/mol. The lowest BCUT2D eigenvalue weighted by Crippen LogP contribution is -2.43. The van der Waals surface area contributed by atoms with Gasteiger partial charge in [0.2, 0.25) is 0 Å². The number of anilines is 1.